The molecule has 2 fully saturated rings. The number of aliphatic imine (C=N–C) groups is 1. The first-order chi connectivity index (χ1) is 13.1. The molecular weight excluding hydrogens is 360 g/mol. The molecule has 0 atom stereocenters. The second kappa shape index (κ2) is 9.55. The number of rotatable bonds is 5. The first-order valence-electron chi connectivity index (χ1n) is 10.1. The van der Waals surface area contributed by atoms with E-state index in [2.05, 4.69) is 15.6 Å². The summed E-state index contributed by atoms with van der Waals surface area (Å²) >= 11 is 0. The topological polar surface area (TPSA) is 73.8 Å². The van der Waals surface area contributed by atoms with Crippen LogP contribution in [-0.4, -0.2) is 51.4 Å². The second-order valence-corrected chi connectivity index (χ2v) is 9.53. The van der Waals surface area contributed by atoms with Gasteiger partial charge in [-0.25, -0.2) is 8.42 Å². The number of sulfonamides is 1. The Hall–Kier alpha value is -1.60. The SMILES string of the molecule is CN=C(NCC1CCN(S(=O)(=O)c2ccccc2)CC1)NC1CCCCC1. The molecule has 2 N–H and O–H groups in total. The predicted octanol–water partition coefficient (Wildman–Crippen LogP) is 2.58. The van der Waals surface area contributed by atoms with Gasteiger partial charge in [0.05, 0.1) is 4.90 Å². The van der Waals surface area contributed by atoms with E-state index >= 15 is 0 Å². The quantitative estimate of drug-likeness (QED) is 0.597. The summed E-state index contributed by atoms with van der Waals surface area (Å²) in [5.41, 5.74) is 0. The Balaban J connectivity index is 1.45. The Labute approximate surface area is 163 Å². The molecule has 1 aromatic carbocycles. The highest BCUT2D eigenvalue weighted by molar-refractivity contribution is 7.89. The summed E-state index contributed by atoms with van der Waals surface area (Å²) in [5.74, 6) is 1.35. The van der Waals surface area contributed by atoms with Crippen LogP contribution in [0.5, 0.6) is 0 Å². The summed E-state index contributed by atoms with van der Waals surface area (Å²) < 4.78 is 27.0. The Kier molecular flexibility index (Phi) is 7.13. The van der Waals surface area contributed by atoms with Gasteiger partial charge in [-0.3, -0.25) is 4.99 Å². The van der Waals surface area contributed by atoms with Crippen LogP contribution >= 0.6 is 0 Å². The lowest BCUT2D eigenvalue weighted by molar-refractivity contribution is 0.273. The highest BCUT2D eigenvalue weighted by Gasteiger charge is 2.29. The molecule has 1 aromatic rings. The fourth-order valence-electron chi connectivity index (χ4n) is 3.97. The standard InChI is InChI=1S/C20H32N4O2S/c1-21-20(23-18-8-4-2-5-9-18)22-16-17-12-14-24(15-13-17)27(25,26)19-10-6-3-7-11-19/h3,6-7,10-11,17-18H,2,4-5,8-9,12-16H2,1H3,(H2,21,22,23). The Bertz CT molecular complexity index is 707. The number of guanidine groups is 1. The Morgan fingerprint density at radius 2 is 1.74 bits per heavy atom. The minimum absolute atomic E-state index is 0.388. The maximum Gasteiger partial charge on any atom is 0.243 e. The van der Waals surface area contributed by atoms with Crippen molar-refractivity contribution in [2.75, 3.05) is 26.7 Å². The van der Waals surface area contributed by atoms with E-state index in [0.717, 1.165) is 25.3 Å². The lowest BCUT2D eigenvalue weighted by Crippen LogP contribution is -2.47. The van der Waals surface area contributed by atoms with Crippen LogP contribution in [0.2, 0.25) is 0 Å². The molecule has 1 saturated heterocycles. The van der Waals surface area contributed by atoms with Gasteiger partial charge in [0.25, 0.3) is 0 Å². The summed E-state index contributed by atoms with van der Waals surface area (Å²) in [6, 6.07) is 9.25. The average Bonchev–Trinajstić information content (AvgIpc) is 2.73. The summed E-state index contributed by atoms with van der Waals surface area (Å²) in [6.07, 6.45) is 8.12. The third-order valence-corrected chi connectivity index (χ3v) is 7.60. The molecule has 0 aromatic heterocycles. The molecule has 3 rings (SSSR count). The number of benzene rings is 1. The lowest BCUT2D eigenvalue weighted by atomic mass is 9.95. The van der Waals surface area contributed by atoms with Crippen LogP contribution in [0.3, 0.4) is 0 Å². The van der Waals surface area contributed by atoms with Crippen LogP contribution in [0.4, 0.5) is 0 Å². The molecule has 0 bridgehead atoms. The zero-order valence-electron chi connectivity index (χ0n) is 16.2. The highest BCUT2D eigenvalue weighted by atomic mass is 32.2. The van der Waals surface area contributed by atoms with E-state index in [0.29, 0.717) is 29.9 Å². The summed E-state index contributed by atoms with van der Waals surface area (Å²) in [4.78, 5) is 4.74. The first kappa shape index (κ1) is 20.1. The molecule has 27 heavy (non-hydrogen) atoms. The summed E-state index contributed by atoms with van der Waals surface area (Å²) in [5, 5.41) is 6.97. The first-order valence-corrected chi connectivity index (χ1v) is 11.6. The number of nitrogens with one attached hydrogen (secondary N) is 2. The zero-order chi connectivity index (χ0) is 19.1. The van der Waals surface area contributed by atoms with Gasteiger partial charge in [-0.05, 0) is 43.7 Å². The van der Waals surface area contributed by atoms with Crippen LogP contribution in [0.25, 0.3) is 0 Å². The van der Waals surface area contributed by atoms with Gasteiger partial charge in [0.15, 0.2) is 5.96 Å². The minimum Gasteiger partial charge on any atom is -0.356 e. The van der Waals surface area contributed by atoms with Crippen LogP contribution in [0, 0.1) is 5.92 Å². The van der Waals surface area contributed by atoms with Crippen LogP contribution in [0.1, 0.15) is 44.9 Å². The number of hydrogen-bond donors (Lipinski definition) is 2. The van der Waals surface area contributed by atoms with Crippen molar-refractivity contribution in [3.8, 4) is 0 Å². The number of hydrogen-bond acceptors (Lipinski definition) is 3. The maximum absolute atomic E-state index is 12.7. The Morgan fingerprint density at radius 1 is 1.07 bits per heavy atom. The van der Waals surface area contributed by atoms with E-state index in [1.54, 1.807) is 28.6 Å². The van der Waals surface area contributed by atoms with Gasteiger partial charge in [0, 0.05) is 32.7 Å². The molecule has 150 valence electrons. The van der Waals surface area contributed by atoms with Gasteiger partial charge in [-0.1, -0.05) is 37.5 Å². The summed E-state index contributed by atoms with van der Waals surface area (Å²) in [6.45, 7) is 2.00. The molecule has 1 aliphatic carbocycles. The smallest absolute Gasteiger partial charge is 0.243 e. The van der Waals surface area contributed by atoms with E-state index in [9.17, 15) is 8.42 Å². The molecule has 0 unspecified atom stereocenters. The summed E-state index contributed by atoms with van der Waals surface area (Å²) in [7, 11) is -1.55. The highest BCUT2D eigenvalue weighted by Crippen LogP contribution is 2.23. The van der Waals surface area contributed by atoms with Gasteiger partial charge in [0.1, 0.15) is 0 Å². The normalized spacial score (nSPS) is 21.1. The van der Waals surface area contributed by atoms with Crippen molar-refractivity contribution < 1.29 is 8.42 Å². The van der Waals surface area contributed by atoms with Crippen molar-refractivity contribution in [1.29, 1.82) is 0 Å². The van der Waals surface area contributed by atoms with Gasteiger partial charge in [-0.2, -0.15) is 4.31 Å². The van der Waals surface area contributed by atoms with Crippen molar-refractivity contribution >= 4 is 16.0 Å². The van der Waals surface area contributed by atoms with Crippen LogP contribution < -0.4 is 10.6 Å². The molecule has 0 radical (unpaired) electrons. The van der Waals surface area contributed by atoms with Gasteiger partial charge in [-0.15, -0.1) is 0 Å². The molecule has 1 aliphatic heterocycles. The molecule has 2 aliphatic rings. The van der Waals surface area contributed by atoms with Crippen molar-refractivity contribution in [3.05, 3.63) is 30.3 Å². The van der Waals surface area contributed by atoms with Crippen molar-refractivity contribution in [2.45, 2.75) is 55.9 Å². The van der Waals surface area contributed by atoms with Crippen LogP contribution in [-0.2, 0) is 10.0 Å². The molecule has 1 heterocycles. The molecule has 6 nitrogen and oxygen atoms in total. The molecule has 0 spiro atoms. The zero-order valence-corrected chi connectivity index (χ0v) is 17.0. The largest absolute Gasteiger partial charge is 0.356 e. The monoisotopic (exact) mass is 392 g/mol. The average molecular weight is 393 g/mol. The van der Waals surface area contributed by atoms with E-state index in [1.165, 1.54) is 32.1 Å². The fraction of sp³-hybridized carbons (Fsp3) is 0.650. The molecule has 7 heteroatoms. The number of piperidine rings is 1. The van der Waals surface area contributed by atoms with Crippen molar-refractivity contribution in [3.63, 3.8) is 0 Å². The second-order valence-electron chi connectivity index (χ2n) is 7.59. The third kappa shape index (κ3) is 5.45. The van der Waals surface area contributed by atoms with Crippen molar-refractivity contribution in [2.24, 2.45) is 10.9 Å². The van der Waals surface area contributed by atoms with E-state index < -0.39 is 10.0 Å². The van der Waals surface area contributed by atoms with Crippen LogP contribution in [0.15, 0.2) is 40.2 Å². The third-order valence-electron chi connectivity index (χ3n) is 5.68. The number of nitrogens with zero attached hydrogens (tertiary/aromatic N) is 2. The molecule has 0 amide bonds. The van der Waals surface area contributed by atoms with Gasteiger partial charge in [0.2, 0.25) is 10.0 Å². The lowest BCUT2D eigenvalue weighted by Gasteiger charge is -2.32. The fourth-order valence-corrected chi connectivity index (χ4v) is 5.46. The molecular formula is C20H32N4O2S. The van der Waals surface area contributed by atoms with Gasteiger partial charge >= 0.3 is 0 Å². The van der Waals surface area contributed by atoms with E-state index in [4.69, 9.17) is 0 Å². The molecule has 1 saturated carbocycles. The maximum atomic E-state index is 12.7. The minimum atomic E-state index is -3.36. The predicted molar refractivity (Wildman–Crippen MR) is 109 cm³/mol. The van der Waals surface area contributed by atoms with E-state index in [-0.39, 0.29) is 0 Å². The Morgan fingerprint density at radius 3 is 2.37 bits per heavy atom. The van der Waals surface area contributed by atoms with Crippen molar-refractivity contribution in [1.82, 2.24) is 14.9 Å². The van der Waals surface area contributed by atoms with E-state index in [1.807, 2.05) is 13.1 Å². The van der Waals surface area contributed by atoms with Gasteiger partial charge < -0.3 is 10.6 Å².